The van der Waals surface area contributed by atoms with E-state index in [1.807, 2.05) is 0 Å². The lowest BCUT2D eigenvalue weighted by Gasteiger charge is -1.95. The van der Waals surface area contributed by atoms with Crippen LogP contribution in [0.15, 0.2) is 28.8 Å². The first-order valence-corrected chi connectivity index (χ1v) is 4.05. The predicted molar refractivity (Wildman–Crippen MR) is 46.6 cm³/mol. The maximum absolute atomic E-state index is 12.8. The molecule has 0 saturated carbocycles. The Labute approximate surface area is 79.1 Å². The van der Waals surface area contributed by atoms with Gasteiger partial charge < -0.3 is 4.52 Å². The van der Waals surface area contributed by atoms with E-state index in [0.717, 1.165) is 12.1 Å². The number of aryl methyl sites for hydroxylation is 1. The van der Waals surface area contributed by atoms with Gasteiger partial charge in [0.05, 0.1) is 5.69 Å². The van der Waals surface area contributed by atoms with Gasteiger partial charge in [-0.15, -0.1) is 0 Å². The van der Waals surface area contributed by atoms with Crippen molar-refractivity contribution in [1.29, 1.82) is 0 Å². The molecule has 1 aromatic heterocycles. The molecule has 0 spiro atoms. The van der Waals surface area contributed by atoms with Crippen molar-refractivity contribution in [3.8, 4) is 11.3 Å². The molecule has 0 aliphatic carbocycles. The van der Waals surface area contributed by atoms with E-state index in [-0.39, 0.29) is 0 Å². The Morgan fingerprint density at radius 3 is 2.50 bits per heavy atom. The number of aromatic nitrogens is 1. The Balaban J connectivity index is 2.47. The monoisotopic (exact) mass is 195 g/mol. The summed E-state index contributed by atoms with van der Waals surface area (Å²) in [6.07, 6.45) is 0. The molecule has 2 rings (SSSR count). The van der Waals surface area contributed by atoms with Crippen LogP contribution in [0.3, 0.4) is 0 Å². The Morgan fingerprint density at radius 2 is 1.93 bits per heavy atom. The summed E-state index contributed by atoms with van der Waals surface area (Å²) in [7, 11) is 0. The Bertz CT molecular complexity index is 465. The summed E-state index contributed by atoms with van der Waals surface area (Å²) in [4.78, 5) is 0. The zero-order valence-corrected chi connectivity index (χ0v) is 7.42. The number of hydrogen-bond acceptors (Lipinski definition) is 2. The van der Waals surface area contributed by atoms with Gasteiger partial charge in [-0.2, -0.15) is 0 Å². The fourth-order valence-corrected chi connectivity index (χ4v) is 1.15. The first-order chi connectivity index (χ1) is 6.66. The van der Waals surface area contributed by atoms with Crippen LogP contribution in [-0.4, -0.2) is 5.16 Å². The summed E-state index contributed by atoms with van der Waals surface area (Å²) in [5.74, 6) is -1.33. The molecular weight excluding hydrogens is 188 g/mol. The SMILES string of the molecule is Cc1cc(-c2ccc(F)c(F)c2)on1. The fraction of sp³-hybridized carbons (Fsp3) is 0.100. The van der Waals surface area contributed by atoms with Crippen LogP contribution in [0.25, 0.3) is 11.3 Å². The van der Waals surface area contributed by atoms with Crippen molar-refractivity contribution in [2.45, 2.75) is 6.92 Å². The topological polar surface area (TPSA) is 26.0 Å². The Kier molecular flexibility index (Phi) is 2.04. The predicted octanol–water partition coefficient (Wildman–Crippen LogP) is 2.93. The maximum atomic E-state index is 12.8. The molecule has 0 radical (unpaired) electrons. The van der Waals surface area contributed by atoms with Crippen molar-refractivity contribution >= 4 is 0 Å². The highest BCUT2D eigenvalue weighted by Crippen LogP contribution is 2.21. The molecule has 0 atom stereocenters. The molecule has 2 nitrogen and oxygen atoms in total. The first kappa shape index (κ1) is 8.87. The van der Waals surface area contributed by atoms with Crippen LogP contribution in [0, 0.1) is 18.6 Å². The van der Waals surface area contributed by atoms with E-state index in [9.17, 15) is 8.78 Å². The highest BCUT2D eigenvalue weighted by Gasteiger charge is 2.07. The lowest BCUT2D eigenvalue weighted by atomic mass is 10.1. The standard InChI is InChI=1S/C10H7F2NO/c1-6-4-10(14-13-6)7-2-3-8(11)9(12)5-7/h2-5H,1H3. The second kappa shape index (κ2) is 3.21. The third-order valence-corrected chi connectivity index (χ3v) is 1.83. The van der Waals surface area contributed by atoms with Gasteiger partial charge >= 0.3 is 0 Å². The molecule has 14 heavy (non-hydrogen) atoms. The summed E-state index contributed by atoms with van der Waals surface area (Å²) in [6.45, 7) is 1.76. The van der Waals surface area contributed by atoms with Crippen molar-refractivity contribution in [2.75, 3.05) is 0 Å². The number of nitrogens with zero attached hydrogens (tertiary/aromatic N) is 1. The van der Waals surface area contributed by atoms with Crippen molar-refractivity contribution in [1.82, 2.24) is 5.16 Å². The second-order valence-corrected chi connectivity index (χ2v) is 2.96. The molecule has 0 bridgehead atoms. The molecule has 0 amide bonds. The van der Waals surface area contributed by atoms with Crippen LogP contribution in [0.4, 0.5) is 8.78 Å². The molecule has 0 aliphatic rings. The number of halogens is 2. The minimum Gasteiger partial charge on any atom is -0.356 e. The number of hydrogen-bond donors (Lipinski definition) is 0. The Hall–Kier alpha value is -1.71. The molecule has 1 heterocycles. The third kappa shape index (κ3) is 1.51. The van der Waals surface area contributed by atoms with Crippen LogP contribution in [0.2, 0.25) is 0 Å². The average molecular weight is 195 g/mol. The van der Waals surface area contributed by atoms with Crippen LogP contribution in [-0.2, 0) is 0 Å². The minimum atomic E-state index is -0.892. The van der Waals surface area contributed by atoms with Gasteiger partial charge in [0.25, 0.3) is 0 Å². The highest BCUT2D eigenvalue weighted by atomic mass is 19.2. The normalized spacial score (nSPS) is 10.5. The van der Waals surface area contributed by atoms with Gasteiger partial charge in [-0.05, 0) is 25.1 Å². The van der Waals surface area contributed by atoms with Crippen molar-refractivity contribution in [3.63, 3.8) is 0 Å². The van der Waals surface area contributed by atoms with Gasteiger partial charge in [-0.1, -0.05) is 5.16 Å². The smallest absolute Gasteiger partial charge is 0.167 e. The summed E-state index contributed by atoms with van der Waals surface area (Å²) in [5.41, 5.74) is 1.18. The summed E-state index contributed by atoms with van der Waals surface area (Å²) in [5, 5.41) is 3.65. The fourth-order valence-electron chi connectivity index (χ4n) is 1.15. The van der Waals surface area contributed by atoms with Crippen LogP contribution < -0.4 is 0 Å². The summed E-state index contributed by atoms with van der Waals surface area (Å²) < 4.78 is 30.3. The molecular formula is C10H7F2NO. The van der Waals surface area contributed by atoms with Gasteiger partial charge in [0.2, 0.25) is 0 Å². The van der Waals surface area contributed by atoms with Crippen molar-refractivity contribution in [3.05, 3.63) is 41.6 Å². The van der Waals surface area contributed by atoms with E-state index in [0.29, 0.717) is 17.0 Å². The van der Waals surface area contributed by atoms with E-state index >= 15 is 0 Å². The lowest BCUT2D eigenvalue weighted by molar-refractivity contribution is 0.426. The largest absolute Gasteiger partial charge is 0.356 e. The van der Waals surface area contributed by atoms with Gasteiger partial charge in [0, 0.05) is 11.6 Å². The molecule has 4 heteroatoms. The average Bonchev–Trinajstić information content (AvgIpc) is 2.57. The van der Waals surface area contributed by atoms with Crippen molar-refractivity contribution < 1.29 is 13.3 Å². The first-order valence-electron chi connectivity index (χ1n) is 4.05. The number of benzene rings is 1. The highest BCUT2D eigenvalue weighted by molar-refractivity contribution is 5.57. The molecule has 1 aromatic carbocycles. The Morgan fingerprint density at radius 1 is 1.14 bits per heavy atom. The van der Waals surface area contributed by atoms with E-state index < -0.39 is 11.6 Å². The van der Waals surface area contributed by atoms with Gasteiger partial charge in [0.1, 0.15) is 0 Å². The zero-order chi connectivity index (χ0) is 10.1. The van der Waals surface area contributed by atoms with Gasteiger partial charge in [-0.3, -0.25) is 0 Å². The van der Waals surface area contributed by atoms with Crippen LogP contribution >= 0.6 is 0 Å². The van der Waals surface area contributed by atoms with Crippen LogP contribution in [0.5, 0.6) is 0 Å². The van der Waals surface area contributed by atoms with E-state index in [1.165, 1.54) is 6.07 Å². The molecule has 0 saturated heterocycles. The number of rotatable bonds is 1. The summed E-state index contributed by atoms with van der Waals surface area (Å²) in [6, 6.07) is 5.24. The van der Waals surface area contributed by atoms with Crippen molar-refractivity contribution in [2.24, 2.45) is 0 Å². The van der Waals surface area contributed by atoms with E-state index in [2.05, 4.69) is 5.16 Å². The van der Waals surface area contributed by atoms with E-state index in [4.69, 9.17) is 4.52 Å². The molecule has 0 aliphatic heterocycles. The lowest BCUT2D eigenvalue weighted by Crippen LogP contribution is -1.83. The van der Waals surface area contributed by atoms with Gasteiger partial charge in [-0.25, -0.2) is 8.78 Å². The second-order valence-electron chi connectivity index (χ2n) is 2.96. The molecule has 72 valence electrons. The van der Waals surface area contributed by atoms with E-state index in [1.54, 1.807) is 13.0 Å². The molecule has 2 aromatic rings. The summed E-state index contributed by atoms with van der Waals surface area (Å²) >= 11 is 0. The third-order valence-electron chi connectivity index (χ3n) is 1.83. The molecule has 0 fully saturated rings. The quantitative estimate of drug-likeness (QED) is 0.699. The molecule has 0 unspecified atom stereocenters. The zero-order valence-electron chi connectivity index (χ0n) is 7.42. The molecule has 0 N–H and O–H groups in total. The van der Waals surface area contributed by atoms with Crippen LogP contribution in [0.1, 0.15) is 5.69 Å². The minimum absolute atomic E-state index is 0.432. The maximum Gasteiger partial charge on any atom is 0.167 e. The van der Waals surface area contributed by atoms with Gasteiger partial charge in [0.15, 0.2) is 17.4 Å².